The smallest absolute Gasteiger partial charge is 0.418 e. The molecule has 0 unspecified atom stereocenters. The van der Waals surface area contributed by atoms with E-state index in [2.05, 4.69) is 10.6 Å². The van der Waals surface area contributed by atoms with Crippen LogP contribution in [0.5, 0.6) is 0 Å². The van der Waals surface area contributed by atoms with Crippen molar-refractivity contribution in [3.05, 3.63) is 47.9 Å². The van der Waals surface area contributed by atoms with E-state index in [0.29, 0.717) is 13.0 Å². The SMILES string of the molecule is COCCCC(=O)Nc1ccc(NC(=O)c2ccco2)cc1C(F)(F)F. The molecule has 0 atom stereocenters. The summed E-state index contributed by atoms with van der Waals surface area (Å²) in [5, 5.41) is 4.56. The third kappa shape index (κ3) is 5.35. The monoisotopic (exact) mass is 370 g/mol. The molecule has 2 rings (SSSR count). The Hall–Kier alpha value is -2.81. The van der Waals surface area contributed by atoms with Crippen LogP contribution in [0.15, 0.2) is 41.0 Å². The summed E-state index contributed by atoms with van der Waals surface area (Å²) >= 11 is 0. The lowest BCUT2D eigenvalue weighted by Gasteiger charge is -2.15. The number of carbonyl (C=O) groups is 2. The maximum atomic E-state index is 13.3. The predicted molar refractivity (Wildman–Crippen MR) is 87.8 cm³/mol. The molecule has 0 bridgehead atoms. The van der Waals surface area contributed by atoms with E-state index < -0.39 is 23.6 Å². The summed E-state index contributed by atoms with van der Waals surface area (Å²) in [6.07, 6.45) is -3.01. The fraction of sp³-hybridized carbons (Fsp3) is 0.294. The highest BCUT2D eigenvalue weighted by atomic mass is 19.4. The number of rotatable bonds is 7. The van der Waals surface area contributed by atoms with Gasteiger partial charge in [0.05, 0.1) is 17.5 Å². The molecule has 140 valence electrons. The van der Waals surface area contributed by atoms with E-state index in [0.717, 1.165) is 12.1 Å². The van der Waals surface area contributed by atoms with Crippen molar-refractivity contribution in [1.82, 2.24) is 0 Å². The van der Waals surface area contributed by atoms with E-state index in [1.807, 2.05) is 0 Å². The molecule has 0 radical (unpaired) electrons. The van der Waals surface area contributed by atoms with E-state index in [1.165, 1.54) is 31.6 Å². The number of hydrogen-bond acceptors (Lipinski definition) is 4. The lowest BCUT2D eigenvalue weighted by molar-refractivity contribution is -0.136. The van der Waals surface area contributed by atoms with Crippen LogP contribution in [0.3, 0.4) is 0 Å². The summed E-state index contributed by atoms with van der Waals surface area (Å²) < 4.78 is 49.6. The van der Waals surface area contributed by atoms with Crippen molar-refractivity contribution in [3.8, 4) is 0 Å². The fourth-order valence-electron chi connectivity index (χ4n) is 2.16. The maximum absolute atomic E-state index is 13.3. The minimum atomic E-state index is -4.71. The van der Waals surface area contributed by atoms with Gasteiger partial charge in [-0.05, 0) is 36.8 Å². The third-order valence-electron chi connectivity index (χ3n) is 3.35. The summed E-state index contributed by atoms with van der Waals surface area (Å²) in [4.78, 5) is 23.6. The molecule has 0 aliphatic heterocycles. The van der Waals surface area contributed by atoms with Crippen LogP contribution in [0.25, 0.3) is 0 Å². The zero-order chi connectivity index (χ0) is 19.2. The molecule has 1 heterocycles. The van der Waals surface area contributed by atoms with Crippen molar-refractivity contribution in [1.29, 1.82) is 0 Å². The second kappa shape index (κ2) is 8.52. The Morgan fingerprint density at radius 3 is 2.58 bits per heavy atom. The zero-order valence-corrected chi connectivity index (χ0v) is 13.9. The van der Waals surface area contributed by atoms with Gasteiger partial charge in [-0.1, -0.05) is 0 Å². The average molecular weight is 370 g/mol. The van der Waals surface area contributed by atoms with Gasteiger partial charge in [-0.3, -0.25) is 9.59 Å². The van der Waals surface area contributed by atoms with Gasteiger partial charge in [0.15, 0.2) is 5.76 Å². The average Bonchev–Trinajstić information content (AvgIpc) is 3.10. The van der Waals surface area contributed by atoms with E-state index in [9.17, 15) is 22.8 Å². The van der Waals surface area contributed by atoms with E-state index in [4.69, 9.17) is 9.15 Å². The maximum Gasteiger partial charge on any atom is 0.418 e. The van der Waals surface area contributed by atoms with Gasteiger partial charge in [-0.25, -0.2) is 0 Å². The first-order chi connectivity index (χ1) is 12.3. The number of amides is 2. The number of anilines is 2. The topological polar surface area (TPSA) is 80.6 Å². The van der Waals surface area contributed by atoms with Gasteiger partial charge in [0.2, 0.25) is 5.91 Å². The Labute approximate surface area is 147 Å². The van der Waals surface area contributed by atoms with Crippen molar-refractivity contribution < 1.29 is 31.9 Å². The predicted octanol–water partition coefficient (Wildman–Crippen LogP) is 3.92. The highest BCUT2D eigenvalue weighted by Crippen LogP contribution is 2.36. The van der Waals surface area contributed by atoms with E-state index in [1.54, 1.807) is 0 Å². The van der Waals surface area contributed by atoms with Crippen molar-refractivity contribution >= 4 is 23.2 Å². The van der Waals surface area contributed by atoms with Crippen LogP contribution >= 0.6 is 0 Å². The second-order valence-electron chi connectivity index (χ2n) is 5.33. The lowest BCUT2D eigenvalue weighted by atomic mass is 10.1. The third-order valence-corrected chi connectivity index (χ3v) is 3.35. The molecule has 2 amide bonds. The number of hydrogen-bond donors (Lipinski definition) is 2. The summed E-state index contributed by atoms with van der Waals surface area (Å²) in [5.41, 5.74) is -1.51. The minimum absolute atomic E-state index is 0.0299. The molecular formula is C17H17F3N2O4. The summed E-state index contributed by atoms with van der Waals surface area (Å²) in [6.45, 7) is 0.331. The second-order valence-corrected chi connectivity index (χ2v) is 5.33. The molecule has 1 aromatic heterocycles. The molecule has 0 aliphatic carbocycles. The van der Waals surface area contributed by atoms with Gasteiger partial charge in [-0.15, -0.1) is 0 Å². The van der Waals surface area contributed by atoms with Gasteiger partial charge in [0.25, 0.3) is 5.91 Å². The largest absolute Gasteiger partial charge is 0.459 e. The molecule has 0 saturated heterocycles. The minimum Gasteiger partial charge on any atom is -0.459 e. The Bertz CT molecular complexity index is 758. The summed E-state index contributed by atoms with van der Waals surface area (Å²) in [6, 6.07) is 5.98. The molecule has 9 heteroatoms. The first-order valence-electron chi connectivity index (χ1n) is 7.66. The van der Waals surface area contributed by atoms with Gasteiger partial charge < -0.3 is 19.8 Å². The first kappa shape index (κ1) is 19.5. The number of alkyl halides is 3. The Balaban J connectivity index is 2.16. The number of nitrogens with one attached hydrogen (secondary N) is 2. The zero-order valence-electron chi connectivity index (χ0n) is 13.9. The van der Waals surface area contributed by atoms with Crippen molar-refractivity contribution in [2.45, 2.75) is 19.0 Å². The Kier molecular flexibility index (Phi) is 6.40. The quantitative estimate of drug-likeness (QED) is 0.724. The number of furan rings is 1. The summed E-state index contributed by atoms with van der Waals surface area (Å²) in [7, 11) is 1.47. The highest BCUT2D eigenvalue weighted by molar-refractivity contribution is 6.02. The normalized spacial score (nSPS) is 11.2. The van der Waals surface area contributed by atoms with Crippen LogP contribution in [0.1, 0.15) is 29.0 Å². The molecule has 0 aliphatic rings. The Morgan fingerprint density at radius 1 is 1.19 bits per heavy atom. The first-order valence-corrected chi connectivity index (χ1v) is 7.66. The molecule has 0 spiro atoms. The molecule has 26 heavy (non-hydrogen) atoms. The Morgan fingerprint density at radius 2 is 1.96 bits per heavy atom. The van der Waals surface area contributed by atoms with Gasteiger partial charge in [-0.2, -0.15) is 13.2 Å². The molecular weight excluding hydrogens is 353 g/mol. The van der Waals surface area contributed by atoms with Crippen molar-refractivity contribution in [3.63, 3.8) is 0 Å². The fourth-order valence-corrected chi connectivity index (χ4v) is 2.16. The van der Waals surface area contributed by atoms with Crippen LogP contribution in [0, 0.1) is 0 Å². The van der Waals surface area contributed by atoms with Crippen LogP contribution in [0.2, 0.25) is 0 Å². The number of halogens is 3. The van der Waals surface area contributed by atoms with Crippen LogP contribution < -0.4 is 10.6 Å². The number of benzene rings is 1. The van der Waals surface area contributed by atoms with Crippen molar-refractivity contribution in [2.75, 3.05) is 24.4 Å². The van der Waals surface area contributed by atoms with E-state index in [-0.39, 0.29) is 23.6 Å². The number of carbonyl (C=O) groups excluding carboxylic acids is 2. The van der Waals surface area contributed by atoms with E-state index >= 15 is 0 Å². The van der Waals surface area contributed by atoms with Crippen LogP contribution in [0.4, 0.5) is 24.5 Å². The molecule has 2 aromatic rings. The molecule has 1 aromatic carbocycles. The van der Waals surface area contributed by atoms with Gasteiger partial charge in [0, 0.05) is 25.8 Å². The van der Waals surface area contributed by atoms with Crippen molar-refractivity contribution in [2.24, 2.45) is 0 Å². The molecule has 0 fully saturated rings. The molecule has 0 saturated carbocycles. The van der Waals surface area contributed by atoms with Gasteiger partial charge >= 0.3 is 6.18 Å². The summed E-state index contributed by atoms with van der Waals surface area (Å²) in [5.74, 6) is -1.27. The van der Waals surface area contributed by atoms with Gasteiger partial charge in [0.1, 0.15) is 0 Å². The number of ether oxygens (including phenoxy) is 1. The van der Waals surface area contributed by atoms with Crippen LogP contribution in [-0.2, 0) is 15.7 Å². The number of methoxy groups -OCH3 is 1. The highest BCUT2D eigenvalue weighted by Gasteiger charge is 2.34. The molecule has 2 N–H and O–H groups in total. The lowest BCUT2D eigenvalue weighted by Crippen LogP contribution is -2.18. The standard InChI is InChI=1S/C17H17F3N2O4/c1-25-8-3-5-15(23)22-13-7-6-11(10-12(13)17(18,19)20)21-16(24)14-4-2-9-26-14/h2,4,6-7,9-10H,3,5,8H2,1H3,(H,21,24)(H,22,23). The molecule has 6 nitrogen and oxygen atoms in total. The van der Waals surface area contributed by atoms with Crippen LogP contribution in [-0.4, -0.2) is 25.5 Å².